The molecule has 5 heteroatoms. The van der Waals surface area contributed by atoms with E-state index in [2.05, 4.69) is 5.32 Å². The Bertz CT molecular complexity index is 956. The molecule has 0 aliphatic carbocycles. The van der Waals surface area contributed by atoms with Crippen molar-refractivity contribution in [1.29, 1.82) is 0 Å². The quantitative estimate of drug-likeness (QED) is 0.424. The van der Waals surface area contributed by atoms with Crippen LogP contribution in [0.15, 0.2) is 72.8 Å². The normalized spacial score (nSPS) is 19.7. The second-order valence-corrected chi connectivity index (χ2v) is 6.55. The number of fused-ring (bicyclic) bond motifs is 1. The van der Waals surface area contributed by atoms with Gasteiger partial charge in [-0.3, -0.25) is 0 Å². The van der Waals surface area contributed by atoms with Crippen LogP contribution in [-0.2, 0) is 0 Å². The van der Waals surface area contributed by atoms with Gasteiger partial charge in [0.1, 0.15) is 6.10 Å². The monoisotopic (exact) mass is 360 g/mol. The molecule has 0 saturated carbocycles. The van der Waals surface area contributed by atoms with Crippen molar-refractivity contribution in [1.82, 2.24) is 0 Å². The predicted octanol–water partition coefficient (Wildman–Crippen LogP) is 3.46. The molecule has 0 amide bonds. The molecule has 0 spiro atoms. The molecule has 0 fully saturated rings. The lowest BCUT2D eigenvalue weighted by Gasteiger charge is -2.16. The van der Waals surface area contributed by atoms with Gasteiger partial charge in [0.2, 0.25) is 0 Å². The molecule has 5 nitrogen and oxygen atoms in total. The first-order valence-electron chi connectivity index (χ1n) is 8.77. The zero-order valence-electron chi connectivity index (χ0n) is 14.5. The standard InChI is InChI=1S/C22H20N2O3/c25-22-18-13-17(12-11-15-7-3-1-4-8-15)20(24(26)27)14-19(18)23-21(22)16-9-5-2-6-10-16/h1-14,21-26H/t21-,22-/m1/s1. The number of rotatable bonds is 4. The van der Waals surface area contributed by atoms with E-state index in [0.29, 0.717) is 16.8 Å². The molecular formula is C22H20N2O3. The molecule has 0 saturated heterocycles. The van der Waals surface area contributed by atoms with Crippen molar-refractivity contribution in [2.24, 2.45) is 0 Å². The highest BCUT2D eigenvalue weighted by Crippen LogP contribution is 2.44. The summed E-state index contributed by atoms with van der Waals surface area (Å²) in [5.41, 5.74) is 4.08. The highest BCUT2D eigenvalue weighted by molar-refractivity contribution is 5.78. The SMILES string of the molecule is [O-][NH+](O)c1cc2c(cc1C=Cc1ccccc1)[C@@H](O)[C@@H](c1ccccc1)N2. The lowest BCUT2D eigenvalue weighted by atomic mass is 9.98. The van der Waals surface area contributed by atoms with Crippen LogP contribution in [0.25, 0.3) is 12.2 Å². The van der Waals surface area contributed by atoms with Gasteiger partial charge in [-0.25, -0.2) is 5.21 Å². The van der Waals surface area contributed by atoms with Gasteiger partial charge < -0.3 is 15.6 Å². The third-order valence-corrected chi connectivity index (χ3v) is 4.81. The summed E-state index contributed by atoms with van der Waals surface area (Å²) in [4.78, 5) is 0. The maximum absolute atomic E-state index is 11.7. The maximum atomic E-state index is 11.7. The van der Waals surface area contributed by atoms with Crippen molar-refractivity contribution in [2.45, 2.75) is 12.1 Å². The summed E-state index contributed by atoms with van der Waals surface area (Å²) in [7, 11) is 0. The Kier molecular flexibility index (Phi) is 4.75. The van der Waals surface area contributed by atoms with Crippen molar-refractivity contribution in [3.63, 3.8) is 0 Å². The third-order valence-electron chi connectivity index (χ3n) is 4.81. The summed E-state index contributed by atoms with van der Waals surface area (Å²) in [5.74, 6) is 0. The molecule has 0 aromatic heterocycles. The highest BCUT2D eigenvalue weighted by atomic mass is 16.8. The number of benzene rings is 3. The van der Waals surface area contributed by atoms with Crippen LogP contribution in [0.3, 0.4) is 0 Å². The van der Waals surface area contributed by atoms with E-state index in [4.69, 9.17) is 0 Å². The summed E-state index contributed by atoms with van der Waals surface area (Å²) >= 11 is 0. The van der Waals surface area contributed by atoms with Crippen LogP contribution in [-0.4, -0.2) is 10.3 Å². The van der Waals surface area contributed by atoms with Crippen LogP contribution in [0, 0.1) is 5.21 Å². The molecule has 3 aromatic rings. The van der Waals surface area contributed by atoms with Gasteiger partial charge in [-0.1, -0.05) is 66.7 Å². The van der Waals surface area contributed by atoms with E-state index in [9.17, 15) is 15.5 Å². The first-order chi connectivity index (χ1) is 13.1. The van der Waals surface area contributed by atoms with E-state index in [1.54, 1.807) is 18.2 Å². The van der Waals surface area contributed by atoms with Gasteiger partial charge in [0, 0.05) is 22.9 Å². The number of aliphatic hydroxyl groups excluding tert-OH is 1. The summed E-state index contributed by atoms with van der Waals surface area (Å²) in [6.45, 7) is 0. The fourth-order valence-electron chi connectivity index (χ4n) is 3.43. The van der Waals surface area contributed by atoms with Crippen LogP contribution < -0.4 is 10.5 Å². The van der Waals surface area contributed by atoms with Crippen molar-refractivity contribution in [2.75, 3.05) is 5.32 Å². The molecule has 3 atom stereocenters. The number of hydrogen-bond acceptors (Lipinski definition) is 4. The molecule has 27 heavy (non-hydrogen) atoms. The third kappa shape index (κ3) is 3.49. The Labute approximate surface area is 157 Å². The first-order valence-corrected chi connectivity index (χ1v) is 8.77. The van der Waals surface area contributed by atoms with Crippen LogP contribution in [0.5, 0.6) is 0 Å². The van der Waals surface area contributed by atoms with Gasteiger partial charge in [0.25, 0.3) is 0 Å². The molecule has 1 aliphatic rings. The number of aliphatic hydroxyl groups is 1. The molecule has 4 N–H and O–H groups in total. The molecule has 0 radical (unpaired) electrons. The zero-order chi connectivity index (χ0) is 18.8. The highest BCUT2D eigenvalue weighted by Gasteiger charge is 2.33. The van der Waals surface area contributed by atoms with E-state index >= 15 is 0 Å². The van der Waals surface area contributed by atoms with E-state index in [-0.39, 0.29) is 11.7 Å². The number of hydrogen-bond donors (Lipinski definition) is 4. The van der Waals surface area contributed by atoms with Crippen LogP contribution in [0.4, 0.5) is 11.4 Å². The molecule has 136 valence electrons. The number of anilines is 1. The van der Waals surface area contributed by atoms with Gasteiger partial charge in [-0.15, -0.1) is 0 Å². The van der Waals surface area contributed by atoms with E-state index < -0.39 is 11.3 Å². The van der Waals surface area contributed by atoms with Gasteiger partial charge >= 0.3 is 0 Å². The van der Waals surface area contributed by atoms with Crippen LogP contribution in [0.2, 0.25) is 0 Å². The van der Waals surface area contributed by atoms with Gasteiger partial charge in [0.05, 0.1) is 6.04 Å². The van der Waals surface area contributed by atoms with Crippen molar-refractivity contribution >= 4 is 23.5 Å². The fourth-order valence-corrected chi connectivity index (χ4v) is 3.43. The van der Waals surface area contributed by atoms with Crippen LogP contribution in [0.1, 0.15) is 34.4 Å². The Balaban J connectivity index is 1.71. The summed E-state index contributed by atoms with van der Waals surface area (Å²) < 4.78 is 0. The zero-order valence-corrected chi connectivity index (χ0v) is 14.5. The summed E-state index contributed by atoms with van der Waals surface area (Å²) in [5, 5.41) is 34.4. The van der Waals surface area contributed by atoms with Crippen molar-refractivity contribution < 1.29 is 15.5 Å². The van der Waals surface area contributed by atoms with E-state index in [1.165, 1.54) is 0 Å². The Morgan fingerprint density at radius 2 is 1.59 bits per heavy atom. The van der Waals surface area contributed by atoms with Crippen molar-refractivity contribution in [3.05, 3.63) is 100 Å². The molecule has 1 aliphatic heterocycles. The second kappa shape index (κ2) is 7.34. The van der Waals surface area contributed by atoms with E-state index in [1.807, 2.05) is 66.7 Å². The number of nitrogens with one attached hydrogen (secondary N) is 2. The molecule has 4 rings (SSSR count). The maximum Gasteiger partial charge on any atom is 0.173 e. The molecule has 1 heterocycles. The summed E-state index contributed by atoms with van der Waals surface area (Å²) in [6.07, 6.45) is 2.91. The molecule has 3 aromatic carbocycles. The number of quaternary nitrogens is 1. The molecule has 1 unspecified atom stereocenters. The largest absolute Gasteiger partial charge is 0.595 e. The minimum atomic E-state index is -0.995. The topological polar surface area (TPSA) is 80.0 Å². The lowest BCUT2D eigenvalue weighted by Crippen LogP contribution is -2.99. The lowest BCUT2D eigenvalue weighted by molar-refractivity contribution is -0.991. The first kappa shape index (κ1) is 17.5. The van der Waals surface area contributed by atoms with Gasteiger partial charge in [-0.05, 0) is 23.3 Å². The van der Waals surface area contributed by atoms with E-state index in [0.717, 1.165) is 11.1 Å². The average molecular weight is 360 g/mol. The smallest absolute Gasteiger partial charge is 0.173 e. The van der Waals surface area contributed by atoms with Crippen LogP contribution >= 0.6 is 0 Å². The Morgan fingerprint density at radius 1 is 0.926 bits per heavy atom. The van der Waals surface area contributed by atoms with Crippen molar-refractivity contribution in [3.8, 4) is 0 Å². The molecule has 0 bridgehead atoms. The fraction of sp³-hybridized carbons (Fsp3) is 0.0909. The van der Waals surface area contributed by atoms with Gasteiger partial charge in [-0.2, -0.15) is 5.23 Å². The Hall–Kier alpha value is -2.96. The van der Waals surface area contributed by atoms with Gasteiger partial charge in [0.15, 0.2) is 5.69 Å². The Morgan fingerprint density at radius 3 is 2.26 bits per heavy atom. The minimum Gasteiger partial charge on any atom is -0.595 e. The summed E-state index contributed by atoms with van der Waals surface area (Å²) in [6, 6.07) is 22.4. The average Bonchev–Trinajstić information content (AvgIpc) is 3.03. The predicted molar refractivity (Wildman–Crippen MR) is 105 cm³/mol. The molecular weight excluding hydrogens is 340 g/mol. The second-order valence-electron chi connectivity index (χ2n) is 6.55. The minimum absolute atomic E-state index is 0.203.